The maximum atomic E-state index is 3.61. The summed E-state index contributed by atoms with van der Waals surface area (Å²) in [6.07, 6.45) is 2.46. The standard InChI is InChI=1S/C14H32N4.2BrH.Cu.2H2O/c1-13-5-9-17(3)12-8-16-14(2)6-10-18(4)11-7-15-13;;;;;/h13-16H,5-12H2,1-4H3;2*1H;;2*1H2/q;;;+2;;/p-2/t13-,14+;;;;;. The minimum absolute atomic E-state index is 0. The number of hydrogen-bond acceptors (Lipinski definition) is 4. The Bertz CT molecular complexity index is 193. The molecule has 0 aliphatic carbocycles. The van der Waals surface area contributed by atoms with Crippen molar-refractivity contribution in [3.63, 3.8) is 0 Å². The van der Waals surface area contributed by atoms with Crippen LogP contribution in [0.25, 0.3) is 0 Å². The van der Waals surface area contributed by atoms with Crippen LogP contribution in [0, 0.1) is 0 Å². The smallest absolute Gasteiger partial charge is 1.00 e. The first kappa shape index (κ1) is 35.4. The van der Waals surface area contributed by atoms with Gasteiger partial charge in [-0.15, -0.1) is 0 Å². The normalized spacial score (nSPS) is 25.0. The first-order valence-corrected chi connectivity index (χ1v) is 7.41. The van der Waals surface area contributed by atoms with Crippen molar-refractivity contribution < 1.29 is 62.0 Å². The van der Waals surface area contributed by atoms with Crippen LogP contribution in [0.4, 0.5) is 0 Å². The van der Waals surface area contributed by atoms with E-state index in [4.69, 9.17) is 0 Å². The number of nitrogens with zero attached hydrogens (tertiary/aromatic N) is 2. The number of nitrogens with one attached hydrogen (secondary N) is 2. The van der Waals surface area contributed by atoms with Crippen LogP contribution in [0.2, 0.25) is 0 Å². The van der Waals surface area contributed by atoms with Gasteiger partial charge in [0.15, 0.2) is 0 Å². The molecule has 9 heteroatoms. The molecule has 0 aromatic rings. The van der Waals surface area contributed by atoms with E-state index in [1.165, 1.54) is 25.9 Å². The molecule has 1 fully saturated rings. The van der Waals surface area contributed by atoms with Crippen molar-refractivity contribution in [3.05, 3.63) is 0 Å². The fraction of sp³-hybridized carbons (Fsp3) is 1.00. The summed E-state index contributed by atoms with van der Waals surface area (Å²) in [4.78, 5) is 4.85. The van der Waals surface area contributed by atoms with E-state index < -0.39 is 0 Å². The first-order chi connectivity index (χ1) is 8.58. The van der Waals surface area contributed by atoms with E-state index in [0.29, 0.717) is 12.1 Å². The third-order valence-electron chi connectivity index (χ3n) is 3.86. The second-order valence-electron chi connectivity index (χ2n) is 5.89. The van der Waals surface area contributed by atoms with Gasteiger partial charge < -0.3 is 65.3 Å². The summed E-state index contributed by atoms with van der Waals surface area (Å²) >= 11 is 0. The number of hydrogen-bond donors (Lipinski definition) is 2. The summed E-state index contributed by atoms with van der Waals surface area (Å²) < 4.78 is 0. The summed E-state index contributed by atoms with van der Waals surface area (Å²) in [5, 5.41) is 7.23. The molecule has 1 radical (unpaired) electrons. The zero-order valence-electron chi connectivity index (χ0n) is 14.8. The number of halogens is 2. The maximum absolute atomic E-state index is 3.61. The van der Waals surface area contributed by atoms with E-state index in [-0.39, 0.29) is 62.0 Å². The van der Waals surface area contributed by atoms with Crippen LogP contribution in [0.3, 0.4) is 0 Å². The van der Waals surface area contributed by atoms with Crippen molar-refractivity contribution in [1.29, 1.82) is 0 Å². The van der Waals surface area contributed by atoms with Gasteiger partial charge in [-0.2, -0.15) is 0 Å². The van der Waals surface area contributed by atoms with Crippen LogP contribution in [-0.2, 0) is 17.1 Å². The Morgan fingerprint density at radius 1 is 0.696 bits per heavy atom. The fourth-order valence-corrected chi connectivity index (χ4v) is 2.26. The van der Waals surface area contributed by atoms with Gasteiger partial charge in [-0.25, -0.2) is 0 Å². The third-order valence-corrected chi connectivity index (χ3v) is 3.86. The molecule has 0 spiro atoms. The molecule has 0 saturated carbocycles. The zero-order valence-corrected chi connectivity index (χ0v) is 18.9. The van der Waals surface area contributed by atoms with Gasteiger partial charge in [0, 0.05) is 38.3 Å². The second-order valence-corrected chi connectivity index (χ2v) is 5.89. The van der Waals surface area contributed by atoms with E-state index in [1.54, 1.807) is 0 Å². The summed E-state index contributed by atoms with van der Waals surface area (Å²) in [5.41, 5.74) is 0. The van der Waals surface area contributed by atoms with E-state index in [9.17, 15) is 0 Å². The van der Waals surface area contributed by atoms with E-state index in [2.05, 4.69) is 48.4 Å². The van der Waals surface area contributed by atoms with E-state index in [0.717, 1.165) is 26.2 Å². The van der Waals surface area contributed by atoms with Crippen molar-refractivity contribution >= 4 is 0 Å². The molecule has 1 aliphatic rings. The number of rotatable bonds is 0. The Hall–Kier alpha value is 1.24. The quantitative estimate of drug-likeness (QED) is 0.314. The van der Waals surface area contributed by atoms with Gasteiger partial charge >= 0.3 is 17.1 Å². The molecule has 1 aliphatic heterocycles. The predicted octanol–water partition coefficient (Wildman–Crippen LogP) is -7.04. The van der Waals surface area contributed by atoms with Crippen molar-refractivity contribution in [2.24, 2.45) is 0 Å². The molecule has 0 aromatic heterocycles. The average Bonchev–Trinajstić information content (AvgIpc) is 2.33. The first-order valence-electron chi connectivity index (χ1n) is 7.41. The zero-order chi connectivity index (χ0) is 13.4. The van der Waals surface area contributed by atoms with E-state index in [1.807, 2.05) is 0 Å². The second kappa shape index (κ2) is 21.3. The summed E-state index contributed by atoms with van der Waals surface area (Å²) in [6.45, 7) is 11.4. The third kappa shape index (κ3) is 19.4. The fourth-order valence-electron chi connectivity index (χ4n) is 2.26. The Kier molecular flexibility index (Phi) is 32.7. The topological polar surface area (TPSA) is 93.5 Å². The van der Waals surface area contributed by atoms with Gasteiger partial charge in [-0.05, 0) is 53.9 Å². The Labute approximate surface area is 174 Å². The van der Waals surface area contributed by atoms with Gasteiger partial charge in [-0.1, -0.05) is 0 Å². The molecule has 6 N–H and O–H groups in total. The van der Waals surface area contributed by atoms with Gasteiger partial charge in [0.2, 0.25) is 0 Å². The van der Waals surface area contributed by atoms with Crippen LogP contribution in [0.5, 0.6) is 0 Å². The van der Waals surface area contributed by atoms with Crippen molar-refractivity contribution in [3.8, 4) is 0 Å². The van der Waals surface area contributed by atoms with Gasteiger partial charge in [0.05, 0.1) is 0 Å². The molecule has 0 bridgehead atoms. The molecule has 2 atom stereocenters. The largest absolute Gasteiger partial charge is 2.00 e. The molecule has 23 heavy (non-hydrogen) atoms. The Morgan fingerprint density at radius 3 is 1.30 bits per heavy atom. The minimum Gasteiger partial charge on any atom is -1.00 e. The van der Waals surface area contributed by atoms with Crippen LogP contribution < -0.4 is 44.6 Å². The van der Waals surface area contributed by atoms with Crippen LogP contribution >= 0.6 is 0 Å². The molecule has 149 valence electrons. The summed E-state index contributed by atoms with van der Waals surface area (Å²) in [7, 11) is 4.44. The maximum Gasteiger partial charge on any atom is 2.00 e. The van der Waals surface area contributed by atoms with Crippen LogP contribution in [0.1, 0.15) is 26.7 Å². The monoisotopic (exact) mass is 513 g/mol. The molecule has 0 unspecified atom stereocenters. The Morgan fingerprint density at radius 2 is 1.00 bits per heavy atom. The average molecular weight is 516 g/mol. The summed E-state index contributed by atoms with van der Waals surface area (Å²) in [5.74, 6) is 0. The number of likely N-dealkylation sites (N-methyl/N-ethyl adjacent to an activating group) is 2. The molecule has 0 aromatic carbocycles. The van der Waals surface area contributed by atoms with Gasteiger partial charge in [0.25, 0.3) is 0 Å². The summed E-state index contributed by atoms with van der Waals surface area (Å²) in [6, 6.07) is 1.24. The van der Waals surface area contributed by atoms with Crippen LogP contribution in [-0.4, -0.2) is 86.2 Å². The minimum atomic E-state index is 0. The van der Waals surface area contributed by atoms with Crippen molar-refractivity contribution in [2.45, 2.75) is 38.8 Å². The molecule has 6 nitrogen and oxygen atoms in total. The molecular formula is C14H36Br2CuN4O2. The van der Waals surface area contributed by atoms with Crippen molar-refractivity contribution in [1.82, 2.24) is 20.4 Å². The van der Waals surface area contributed by atoms with Gasteiger partial charge in [-0.3, -0.25) is 0 Å². The van der Waals surface area contributed by atoms with Gasteiger partial charge in [0.1, 0.15) is 0 Å². The SMILES string of the molecule is C[C@@H]1CCN(C)CCN[C@@H](C)CCN(C)CCN1.O.O.[Br-].[Br-].[Cu+2]. The Balaban J connectivity index is -0.000000216. The molecular weight excluding hydrogens is 480 g/mol. The molecule has 1 heterocycles. The molecule has 1 saturated heterocycles. The molecule has 1 rings (SSSR count). The van der Waals surface area contributed by atoms with Crippen LogP contribution in [0.15, 0.2) is 0 Å². The predicted molar refractivity (Wildman–Crippen MR) is 86.4 cm³/mol. The van der Waals surface area contributed by atoms with E-state index >= 15 is 0 Å². The molecule has 0 amide bonds. The van der Waals surface area contributed by atoms with Crippen molar-refractivity contribution in [2.75, 3.05) is 53.4 Å².